The molecule has 2 atom stereocenters. The number of nitrogens with zero attached hydrogens (tertiary/aromatic N) is 2. The predicted molar refractivity (Wildman–Crippen MR) is 75.9 cm³/mol. The molecule has 2 rings (SSSR count). The van der Waals surface area contributed by atoms with Gasteiger partial charge in [-0.3, -0.25) is 4.68 Å². The van der Waals surface area contributed by atoms with Gasteiger partial charge in [-0.1, -0.05) is 6.42 Å². The van der Waals surface area contributed by atoms with Gasteiger partial charge < -0.3 is 10.1 Å². The van der Waals surface area contributed by atoms with Crippen LogP contribution in [0, 0.1) is 0 Å². The minimum absolute atomic E-state index is 0.602. The summed E-state index contributed by atoms with van der Waals surface area (Å²) in [5, 5.41) is 7.86. The largest absolute Gasteiger partial charge is 0.383 e. The zero-order valence-corrected chi connectivity index (χ0v) is 12.7. The van der Waals surface area contributed by atoms with E-state index in [1.807, 2.05) is 6.20 Å². The molecule has 4 nitrogen and oxygen atoms in total. The summed E-state index contributed by atoms with van der Waals surface area (Å²) in [7, 11) is 3.79. The number of hydrogen-bond donors (Lipinski definition) is 1. The molecule has 1 fully saturated rings. The molecule has 2 unspecified atom stereocenters. The summed E-state index contributed by atoms with van der Waals surface area (Å²) in [5.74, 6) is 0.602. The highest BCUT2D eigenvalue weighted by atomic mass is 79.9. The maximum Gasteiger partial charge on any atom is 0.0658 e. The molecule has 1 aromatic heterocycles. The van der Waals surface area contributed by atoms with Crippen molar-refractivity contribution in [3.8, 4) is 0 Å². The fraction of sp³-hybridized carbons (Fsp3) is 0.769. The zero-order valence-electron chi connectivity index (χ0n) is 11.2. The van der Waals surface area contributed by atoms with Crippen LogP contribution in [0.1, 0.15) is 37.3 Å². The number of ether oxygens (including phenoxy) is 1. The molecule has 1 aliphatic carbocycles. The molecule has 1 aromatic rings. The first-order chi connectivity index (χ1) is 8.76. The third-order valence-electron chi connectivity index (χ3n) is 3.81. The smallest absolute Gasteiger partial charge is 0.0658 e. The van der Waals surface area contributed by atoms with Crippen LogP contribution in [0.2, 0.25) is 0 Å². The summed E-state index contributed by atoms with van der Waals surface area (Å²) in [6.45, 7) is 1.54. The Balaban J connectivity index is 2.13. The molecule has 0 saturated heterocycles. The van der Waals surface area contributed by atoms with E-state index in [1.54, 1.807) is 7.11 Å². The van der Waals surface area contributed by atoms with Gasteiger partial charge in [0.25, 0.3) is 0 Å². The Morgan fingerprint density at radius 1 is 1.56 bits per heavy atom. The highest BCUT2D eigenvalue weighted by Crippen LogP contribution is 2.36. The molecule has 5 heteroatoms. The highest BCUT2D eigenvalue weighted by Gasteiger charge is 2.26. The van der Waals surface area contributed by atoms with Crippen LogP contribution in [0.3, 0.4) is 0 Å². The van der Waals surface area contributed by atoms with Gasteiger partial charge in [0.1, 0.15) is 0 Å². The lowest BCUT2D eigenvalue weighted by atomic mass is 9.83. The second-order valence-corrected chi connectivity index (χ2v) is 5.80. The van der Waals surface area contributed by atoms with Gasteiger partial charge in [0.2, 0.25) is 0 Å². The third-order valence-corrected chi connectivity index (χ3v) is 4.42. The van der Waals surface area contributed by atoms with Crippen molar-refractivity contribution in [2.24, 2.45) is 0 Å². The number of aromatic nitrogens is 2. The first-order valence-electron chi connectivity index (χ1n) is 6.63. The first-order valence-corrected chi connectivity index (χ1v) is 7.43. The average Bonchev–Trinajstić information content (AvgIpc) is 2.77. The number of methoxy groups -OCH3 is 1. The summed E-state index contributed by atoms with van der Waals surface area (Å²) >= 11 is 3.64. The minimum atomic E-state index is 0.602. The van der Waals surface area contributed by atoms with E-state index in [0.29, 0.717) is 18.6 Å². The van der Waals surface area contributed by atoms with Crippen LogP contribution < -0.4 is 5.32 Å². The number of nitrogens with one attached hydrogen (secondary N) is 1. The van der Waals surface area contributed by atoms with E-state index < -0.39 is 0 Å². The molecule has 0 spiro atoms. The van der Waals surface area contributed by atoms with E-state index in [1.165, 1.54) is 31.4 Å². The van der Waals surface area contributed by atoms with E-state index in [9.17, 15) is 0 Å². The van der Waals surface area contributed by atoms with Crippen LogP contribution >= 0.6 is 15.9 Å². The molecule has 102 valence electrons. The summed E-state index contributed by atoms with van der Waals surface area (Å²) in [6, 6.07) is 0.640. The normalized spacial score (nSPS) is 24.4. The average molecular weight is 316 g/mol. The van der Waals surface area contributed by atoms with Crippen LogP contribution in [0.15, 0.2) is 10.7 Å². The van der Waals surface area contributed by atoms with Gasteiger partial charge in [-0.15, -0.1) is 0 Å². The number of rotatable bonds is 5. The van der Waals surface area contributed by atoms with Crippen molar-refractivity contribution >= 4 is 15.9 Å². The van der Waals surface area contributed by atoms with E-state index >= 15 is 0 Å². The summed E-state index contributed by atoms with van der Waals surface area (Å²) < 4.78 is 8.38. The van der Waals surface area contributed by atoms with Gasteiger partial charge in [0.15, 0.2) is 0 Å². The fourth-order valence-electron chi connectivity index (χ4n) is 2.83. The molecule has 0 aromatic carbocycles. The molecule has 1 heterocycles. The first kappa shape index (κ1) is 14.0. The van der Waals surface area contributed by atoms with Crippen LogP contribution in [0.5, 0.6) is 0 Å². The Morgan fingerprint density at radius 2 is 2.39 bits per heavy atom. The monoisotopic (exact) mass is 315 g/mol. The molecule has 1 N–H and O–H groups in total. The lowest BCUT2D eigenvalue weighted by Crippen LogP contribution is -2.31. The van der Waals surface area contributed by atoms with Gasteiger partial charge in [-0.2, -0.15) is 5.10 Å². The molecule has 0 bridgehead atoms. The number of hydrogen-bond acceptors (Lipinski definition) is 3. The van der Waals surface area contributed by atoms with Crippen molar-refractivity contribution in [2.45, 2.75) is 44.2 Å². The van der Waals surface area contributed by atoms with E-state index in [0.717, 1.165) is 11.0 Å². The van der Waals surface area contributed by atoms with Crippen LogP contribution in [-0.4, -0.2) is 36.6 Å². The van der Waals surface area contributed by atoms with E-state index in [-0.39, 0.29) is 0 Å². The van der Waals surface area contributed by atoms with Gasteiger partial charge in [0, 0.05) is 19.1 Å². The Morgan fingerprint density at radius 3 is 3.11 bits per heavy atom. The summed E-state index contributed by atoms with van der Waals surface area (Å²) in [5.41, 5.74) is 1.34. The van der Waals surface area contributed by atoms with Gasteiger partial charge in [-0.25, -0.2) is 0 Å². The Labute approximate surface area is 117 Å². The lowest BCUT2D eigenvalue weighted by molar-refractivity contribution is 0.181. The molecule has 0 aliphatic heterocycles. The van der Waals surface area contributed by atoms with Crippen molar-refractivity contribution in [2.75, 3.05) is 20.8 Å². The van der Waals surface area contributed by atoms with Gasteiger partial charge in [0.05, 0.1) is 29.5 Å². The quantitative estimate of drug-likeness (QED) is 0.907. The van der Waals surface area contributed by atoms with Crippen LogP contribution in [0.25, 0.3) is 0 Å². The topological polar surface area (TPSA) is 39.1 Å². The molecular weight excluding hydrogens is 294 g/mol. The van der Waals surface area contributed by atoms with Gasteiger partial charge in [-0.05, 0) is 42.2 Å². The Bertz CT molecular complexity index is 380. The Kier molecular flexibility index (Phi) is 5.21. The van der Waals surface area contributed by atoms with Crippen molar-refractivity contribution < 1.29 is 4.74 Å². The third kappa shape index (κ3) is 3.13. The van der Waals surface area contributed by atoms with E-state index in [4.69, 9.17) is 4.74 Å². The predicted octanol–water partition coefficient (Wildman–Crippen LogP) is 2.54. The summed E-state index contributed by atoms with van der Waals surface area (Å²) in [6.07, 6.45) is 6.95. The second-order valence-electron chi connectivity index (χ2n) is 4.94. The van der Waals surface area contributed by atoms with Crippen molar-refractivity contribution in [3.05, 3.63) is 16.4 Å². The molecule has 1 aliphatic rings. The standard InChI is InChI=1S/C13H22BrN3O/c1-15-11-5-3-4-10(8-11)13-12(14)9-16-17(13)6-7-18-2/h9-11,15H,3-8H2,1-2H3. The maximum absolute atomic E-state index is 5.15. The zero-order chi connectivity index (χ0) is 13.0. The SMILES string of the molecule is CNC1CCCC(c2c(Br)cnn2CCOC)C1. The molecule has 18 heavy (non-hydrogen) atoms. The van der Waals surface area contributed by atoms with Crippen LogP contribution in [-0.2, 0) is 11.3 Å². The van der Waals surface area contributed by atoms with Crippen LogP contribution in [0.4, 0.5) is 0 Å². The second kappa shape index (κ2) is 6.68. The lowest BCUT2D eigenvalue weighted by Gasteiger charge is -2.29. The molecular formula is C13H22BrN3O. The number of halogens is 1. The van der Waals surface area contributed by atoms with Crippen molar-refractivity contribution in [1.29, 1.82) is 0 Å². The Hall–Kier alpha value is -0.390. The molecule has 0 radical (unpaired) electrons. The van der Waals surface area contributed by atoms with Gasteiger partial charge >= 0.3 is 0 Å². The fourth-order valence-corrected chi connectivity index (χ4v) is 3.45. The summed E-state index contributed by atoms with van der Waals surface area (Å²) in [4.78, 5) is 0. The highest BCUT2D eigenvalue weighted by molar-refractivity contribution is 9.10. The maximum atomic E-state index is 5.15. The van der Waals surface area contributed by atoms with E-state index in [2.05, 4.69) is 38.1 Å². The minimum Gasteiger partial charge on any atom is -0.383 e. The molecule has 1 saturated carbocycles. The van der Waals surface area contributed by atoms with Crippen molar-refractivity contribution in [3.63, 3.8) is 0 Å². The van der Waals surface area contributed by atoms with Crippen molar-refractivity contribution in [1.82, 2.24) is 15.1 Å². The molecule has 0 amide bonds.